The first-order valence-electron chi connectivity index (χ1n) is 7.01. The van der Waals surface area contributed by atoms with Gasteiger partial charge in [0, 0.05) is 18.7 Å². The van der Waals surface area contributed by atoms with Crippen LogP contribution in [0.2, 0.25) is 0 Å². The topological polar surface area (TPSA) is 33.4 Å². The molecule has 4 rings (SSSR count). The van der Waals surface area contributed by atoms with Crippen LogP contribution in [0.5, 0.6) is 0 Å². The van der Waals surface area contributed by atoms with E-state index < -0.39 is 0 Å². The summed E-state index contributed by atoms with van der Waals surface area (Å²) in [4.78, 5) is 6.57. The number of halogens is 1. The molecule has 21 heavy (non-hydrogen) atoms. The smallest absolute Gasteiger partial charge is 0.178 e. The summed E-state index contributed by atoms with van der Waals surface area (Å²) in [5.41, 5.74) is 3.68. The lowest BCUT2D eigenvalue weighted by atomic mass is 10.1. The zero-order valence-corrected chi connectivity index (χ0v) is 11.7. The number of aryl methyl sites for hydroxylation is 1. The van der Waals surface area contributed by atoms with Gasteiger partial charge in [-0.1, -0.05) is 6.07 Å². The van der Waals surface area contributed by atoms with Gasteiger partial charge >= 0.3 is 0 Å². The first-order chi connectivity index (χ1) is 10.2. The molecule has 1 aliphatic heterocycles. The molecule has 0 unspecified atom stereocenters. The summed E-state index contributed by atoms with van der Waals surface area (Å²) in [6.45, 7) is 3.92. The minimum Gasteiger partial charge on any atom is -0.368 e. The van der Waals surface area contributed by atoms with Crippen molar-refractivity contribution in [3.05, 3.63) is 48.0 Å². The molecule has 1 saturated heterocycles. The van der Waals surface area contributed by atoms with E-state index in [9.17, 15) is 4.39 Å². The number of hydrogen-bond donors (Lipinski definition) is 0. The van der Waals surface area contributed by atoms with Crippen LogP contribution in [-0.4, -0.2) is 27.7 Å². The lowest BCUT2D eigenvalue weighted by Crippen LogP contribution is -2.37. The van der Waals surface area contributed by atoms with Crippen LogP contribution < -0.4 is 4.90 Å². The highest BCUT2D eigenvalue weighted by molar-refractivity contribution is 5.73. The lowest BCUT2D eigenvalue weighted by Gasteiger charge is -2.32. The summed E-state index contributed by atoms with van der Waals surface area (Å²) in [7, 11) is 0. The number of fused-ring (bicyclic) bond motifs is 1. The zero-order chi connectivity index (χ0) is 14.4. The van der Waals surface area contributed by atoms with Gasteiger partial charge in [-0.15, -0.1) is 0 Å². The third-order valence-electron chi connectivity index (χ3n) is 3.90. The van der Waals surface area contributed by atoms with Crippen molar-refractivity contribution in [2.24, 2.45) is 0 Å². The van der Waals surface area contributed by atoms with Crippen LogP contribution >= 0.6 is 0 Å². The third-order valence-corrected chi connectivity index (χ3v) is 3.90. The number of hydrogen-bond acceptors (Lipinski definition) is 3. The summed E-state index contributed by atoms with van der Waals surface area (Å²) in [6, 6.07) is 7.10. The first kappa shape index (κ1) is 12.3. The molecule has 0 spiro atoms. The van der Waals surface area contributed by atoms with Crippen molar-refractivity contribution >= 4 is 11.3 Å². The second kappa shape index (κ2) is 4.55. The largest absolute Gasteiger partial charge is 0.368 e. The maximum Gasteiger partial charge on any atom is 0.178 e. The first-order valence-corrected chi connectivity index (χ1v) is 7.01. The fraction of sp³-hybridized carbons (Fsp3) is 0.250. The normalized spacial score (nSPS) is 14.5. The molecular weight excluding hydrogens is 267 g/mol. The Balaban J connectivity index is 1.90. The van der Waals surface area contributed by atoms with Gasteiger partial charge in [0.1, 0.15) is 17.7 Å². The molecule has 0 amide bonds. The van der Waals surface area contributed by atoms with Crippen LogP contribution in [0.3, 0.4) is 0 Å². The molecule has 1 radical (unpaired) electrons. The Bertz CT molecular complexity index is 820. The molecule has 0 aliphatic carbocycles. The second-order valence-electron chi connectivity index (χ2n) is 5.35. The van der Waals surface area contributed by atoms with Crippen molar-refractivity contribution in [2.75, 3.05) is 18.0 Å². The Labute approximate surface area is 121 Å². The van der Waals surface area contributed by atoms with Crippen LogP contribution in [0.4, 0.5) is 10.1 Å². The number of nitrogens with zero attached hydrogens (tertiary/aromatic N) is 4. The number of anilines is 1. The van der Waals surface area contributed by atoms with Crippen molar-refractivity contribution in [3.63, 3.8) is 0 Å². The standard InChI is InChI=1S/C16H14FN4/c1-11-3-4-12(13(17)9-11)15-10-18-16-14(20-7-2-8-20)5-6-19-21(15)16/h3-6,9H,2,7-8H2,1H3. The van der Waals surface area contributed by atoms with Gasteiger partial charge in [0.05, 0.1) is 11.9 Å². The molecule has 1 fully saturated rings. The Kier molecular flexibility index (Phi) is 2.67. The van der Waals surface area contributed by atoms with Gasteiger partial charge in [0.15, 0.2) is 5.65 Å². The van der Waals surface area contributed by atoms with Gasteiger partial charge in [-0.25, -0.2) is 13.9 Å². The highest BCUT2D eigenvalue weighted by Crippen LogP contribution is 2.29. The van der Waals surface area contributed by atoms with Crippen LogP contribution in [-0.2, 0) is 0 Å². The molecule has 0 bridgehead atoms. The molecule has 1 aromatic carbocycles. The van der Waals surface area contributed by atoms with E-state index in [0.29, 0.717) is 11.3 Å². The zero-order valence-electron chi connectivity index (χ0n) is 11.7. The number of aromatic nitrogens is 3. The van der Waals surface area contributed by atoms with Crippen LogP contribution in [0, 0.1) is 18.9 Å². The van der Waals surface area contributed by atoms with Gasteiger partial charge in [-0.2, -0.15) is 5.10 Å². The fourth-order valence-corrected chi connectivity index (χ4v) is 2.62. The third kappa shape index (κ3) is 1.88. The Morgan fingerprint density at radius 1 is 1.24 bits per heavy atom. The van der Waals surface area contributed by atoms with Crippen molar-refractivity contribution < 1.29 is 4.39 Å². The van der Waals surface area contributed by atoms with E-state index in [1.165, 1.54) is 12.5 Å². The number of imidazole rings is 1. The van der Waals surface area contributed by atoms with E-state index in [4.69, 9.17) is 0 Å². The molecule has 5 heteroatoms. The fourth-order valence-electron chi connectivity index (χ4n) is 2.62. The van der Waals surface area contributed by atoms with Crippen LogP contribution in [0.1, 0.15) is 12.0 Å². The molecule has 0 saturated carbocycles. The molecule has 0 N–H and O–H groups in total. The molecular formula is C16H14FN4. The maximum absolute atomic E-state index is 14.2. The minimum absolute atomic E-state index is 0.274. The quantitative estimate of drug-likeness (QED) is 0.724. The Morgan fingerprint density at radius 2 is 2.10 bits per heavy atom. The average Bonchev–Trinajstić information content (AvgIpc) is 2.82. The van der Waals surface area contributed by atoms with Crippen molar-refractivity contribution in [3.8, 4) is 11.3 Å². The predicted octanol–water partition coefficient (Wildman–Crippen LogP) is 2.85. The molecule has 3 heterocycles. The minimum atomic E-state index is -0.274. The molecule has 105 valence electrons. The van der Waals surface area contributed by atoms with E-state index in [-0.39, 0.29) is 5.82 Å². The number of benzene rings is 1. The van der Waals surface area contributed by atoms with Gasteiger partial charge in [0.25, 0.3) is 0 Å². The summed E-state index contributed by atoms with van der Waals surface area (Å²) in [6.07, 6.45) is 5.84. The molecule has 1 aliphatic rings. The van der Waals surface area contributed by atoms with Crippen LogP contribution in [0.25, 0.3) is 16.9 Å². The highest BCUT2D eigenvalue weighted by Gasteiger charge is 2.20. The monoisotopic (exact) mass is 281 g/mol. The molecule has 0 atom stereocenters. The second-order valence-corrected chi connectivity index (χ2v) is 5.35. The van der Waals surface area contributed by atoms with Crippen molar-refractivity contribution in [1.82, 2.24) is 14.6 Å². The molecule has 2 aromatic heterocycles. The van der Waals surface area contributed by atoms with E-state index >= 15 is 0 Å². The summed E-state index contributed by atoms with van der Waals surface area (Å²) in [5.74, 6) is -0.274. The average molecular weight is 281 g/mol. The Hall–Kier alpha value is -2.43. The Morgan fingerprint density at radius 3 is 2.81 bits per heavy atom. The van der Waals surface area contributed by atoms with Gasteiger partial charge in [-0.3, -0.25) is 0 Å². The maximum atomic E-state index is 14.2. The van der Waals surface area contributed by atoms with Crippen molar-refractivity contribution in [2.45, 2.75) is 13.3 Å². The van der Waals surface area contributed by atoms with E-state index in [1.807, 2.05) is 19.1 Å². The number of rotatable bonds is 2. The highest BCUT2D eigenvalue weighted by atomic mass is 19.1. The molecule has 3 aromatic rings. The van der Waals surface area contributed by atoms with Gasteiger partial charge < -0.3 is 4.90 Å². The summed E-state index contributed by atoms with van der Waals surface area (Å²) < 4.78 is 15.8. The SMILES string of the molecule is Cc1ccc(-c2[c]nc3c(N4CCC4)ccnn23)c(F)c1. The van der Waals surface area contributed by atoms with E-state index in [1.54, 1.807) is 16.8 Å². The van der Waals surface area contributed by atoms with Crippen LogP contribution in [0.15, 0.2) is 30.5 Å². The predicted molar refractivity (Wildman–Crippen MR) is 78.8 cm³/mol. The van der Waals surface area contributed by atoms with E-state index in [0.717, 1.165) is 30.0 Å². The van der Waals surface area contributed by atoms with Crippen molar-refractivity contribution in [1.29, 1.82) is 0 Å². The van der Waals surface area contributed by atoms with Gasteiger partial charge in [0.2, 0.25) is 0 Å². The van der Waals surface area contributed by atoms with E-state index in [2.05, 4.69) is 21.2 Å². The lowest BCUT2D eigenvalue weighted by molar-refractivity contribution is 0.617. The molecule has 4 nitrogen and oxygen atoms in total. The summed E-state index contributed by atoms with van der Waals surface area (Å²) >= 11 is 0. The summed E-state index contributed by atoms with van der Waals surface area (Å²) in [5, 5.41) is 4.31. The van der Waals surface area contributed by atoms with Gasteiger partial charge in [-0.05, 0) is 37.1 Å².